The summed E-state index contributed by atoms with van der Waals surface area (Å²) in [5.74, 6) is 1.45. The zero-order valence-corrected chi connectivity index (χ0v) is 8.38. The highest BCUT2D eigenvalue weighted by Crippen LogP contribution is 2.13. The lowest BCUT2D eigenvalue weighted by Crippen LogP contribution is -1.81. The number of hydrogen-bond donors (Lipinski definition) is 0. The van der Waals surface area contributed by atoms with E-state index in [-0.39, 0.29) is 0 Å². The first-order valence-corrected chi connectivity index (χ1v) is 4.60. The Morgan fingerprint density at radius 1 is 1.20 bits per heavy atom. The summed E-state index contributed by atoms with van der Waals surface area (Å²) in [6, 6.07) is 7.76. The maximum Gasteiger partial charge on any atom is 0.218 e. The Labute approximate surface area is 88.0 Å². The van der Waals surface area contributed by atoms with Gasteiger partial charge < -0.3 is 9.15 Å². The van der Waals surface area contributed by atoms with Gasteiger partial charge >= 0.3 is 0 Å². The van der Waals surface area contributed by atoms with Gasteiger partial charge in [0, 0.05) is 6.08 Å². The van der Waals surface area contributed by atoms with Gasteiger partial charge in [-0.2, -0.15) is 0 Å². The third-order valence-corrected chi connectivity index (χ3v) is 1.99. The molecule has 0 aliphatic rings. The molecule has 2 aromatic rings. The summed E-state index contributed by atoms with van der Waals surface area (Å²) in [5, 5.41) is 0. The van der Waals surface area contributed by atoms with Gasteiger partial charge in [-0.1, -0.05) is 12.1 Å². The summed E-state index contributed by atoms with van der Waals surface area (Å²) >= 11 is 0. The van der Waals surface area contributed by atoms with Crippen molar-refractivity contribution in [1.29, 1.82) is 0 Å². The summed E-state index contributed by atoms with van der Waals surface area (Å²) in [4.78, 5) is 3.99. The highest BCUT2D eigenvalue weighted by molar-refractivity contribution is 5.66. The quantitative estimate of drug-likeness (QED) is 0.765. The molecule has 3 nitrogen and oxygen atoms in total. The molecular formula is C12H11NO2. The zero-order valence-electron chi connectivity index (χ0n) is 8.38. The van der Waals surface area contributed by atoms with E-state index in [0.29, 0.717) is 5.89 Å². The highest BCUT2D eigenvalue weighted by Gasteiger charge is 1.92. The number of ether oxygens (including phenoxy) is 1. The predicted molar refractivity (Wildman–Crippen MR) is 58.4 cm³/mol. The van der Waals surface area contributed by atoms with Crippen LogP contribution in [0.15, 0.2) is 41.1 Å². The molecule has 2 rings (SSSR count). The molecule has 0 N–H and O–H groups in total. The van der Waals surface area contributed by atoms with Gasteiger partial charge in [-0.3, -0.25) is 0 Å². The van der Waals surface area contributed by atoms with Crippen LogP contribution in [0.4, 0.5) is 0 Å². The smallest absolute Gasteiger partial charge is 0.218 e. The van der Waals surface area contributed by atoms with Crippen LogP contribution < -0.4 is 4.74 Å². The Morgan fingerprint density at radius 2 is 2.00 bits per heavy atom. The van der Waals surface area contributed by atoms with Crippen LogP contribution in [0.2, 0.25) is 0 Å². The minimum Gasteiger partial charge on any atom is -0.497 e. The van der Waals surface area contributed by atoms with Crippen molar-refractivity contribution < 1.29 is 9.15 Å². The van der Waals surface area contributed by atoms with Crippen LogP contribution >= 0.6 is 0 Å². The van der Waals surface area contributed by atoms with Crippen molar-refractivity contribution in [3.63, 3.8) is 0 Å². The topological polar surface area (TPSA) is 35.3 Å². The van der Waals surface area contributed by atoms with Crippen molar-refractivity contribution in [2.45, 2.75) is 0 Å². The molecule has 0 aliphatic heterocycles. The fourth-order valence-corrected chi connectivity index (χ4v) is 1.20. The van der Waals surface area contributed by atoms with Crippen molar-refractivity contribution in [1.82, 2.24) is 4.98 Å². The van der Waals surface area contributed by atoms with Crippen LogP contribution in [-0.2, 0) is 0 Å². The number of nitrogens with zero attached hydrogens (tertiary/aromatic N) is 1. The van der Waals surface area contributed by atoms with Crippen LogP contribution in [-0.4, -0.2) is 12.1 Å². The van der Waals surface area contributed by atoms with E-state index in [1.165, 1.54) is 0 Å². The highest BCUT2D eigenvalue weighted by atomic mass is 16.5. The Hall–Kier alpha value is -2.03. The van der Waals surface area contributed by atoms with E-state index in [9.17, 15) is 0 Å². The summed E-state index contributed by atoms with van der Waals surface area (Å²) in [6.45, 7) is 0. The lowest BCUT2D eigenvalue weighted by atomic mass is 10.2. The van der Waals surface area contributed by atoms with Crippen LogP contribution in [0.1, 0.15) is 11.5 Å². The molecule has 1 heterocycles. The zero-order chi connectivity index (χ0) is 10.5. The molecule has 1 aromatic heterocycles. The van der Waals surface area contributed by atoms with Crippen LogP contribution in [0.5, 0.6) is 5.75 Å². The Morgan fingerprint density at radius 3 is 2.60 bits per heavy atom. The summed E-state index contributed by atoms with van der Waals surface area (Å²) in [7, 11) is 1.65. The van der Waals surface area contributed by atoms with Gasteiger partial charge in [0.2, 0.25) is 5.89 Å². The van der Waals surface area contributed by atoms with E-state index in [1.54, 1.807) is 19.6 Å². The Balaban J connectivity index is 2.11. The average Bonchev–Trinajstić information content (AvgIpc) is 2.80. The first-order valence-electron chi connectivity index (χ1n) is 4.60. The lowest BCUT2D eigenvalue weighted by molar-refractivity contribution is 0.415. The van der Waals surface area contributed by atoms with Crippen molar-refractivity contribution in [2.75, 3.05) is 7.11 Å². The molecule has 1 aromatic carbocycles. The molecule has 76 valence electrons. The minimum absolute atomic E-state index is 0.603. The summed E-state index contributed by atoms with van der Waals surface area (Å²) in [6.07, 6.45) is 6.93. The second-order valence-electron chi connectivity index (χ2n) is 2.98. The van der Waals surface area contributed by atoms with Gasteiger partial charge in [-0.25, -0.2) is 4.98 Å². The fourth-order valence-electron chi connectivity index (χ4n) is 1.20. The molecule has 0 bridgehead atoms. The molecule has 0 saturated carbocycles. The van der Waals surface area contributed by atoms with E-state index in [1.807, 2.05) is 36.4 Å². The van der Waals surface area contributed by atoms with Crippen LogP contribution in [0.25, 0.3) is 12.2 Å². The van der Waals surface area contributed by atoms with E-state index >= 15 is 0 Å². The standard InChI is InChI=1S/C12H11NO2/c1-14-11-5-2-10(3-6-11)4-7-12-13-8-9-15-12/h2-9H,1H3/b7-4+. The number of methoxy groups -OCH3 is 1. The maximum atomic E-state index is 5.08. The van der Waals surface area contributed by atoms with Gasteiger partial charge in [0.15, 0.2) is 0 Å². The molecule has 0 saturated heterocycles. The number of benzene rings is 1. The maximum absolute atomic E-state index is 5.08. The fraction of sp³-hybridized carbons (Fsp3) is 0.0833. The summed E-state index contributed by atoms with van der Waals surface area (Å²) in [5.41, 5.74) is 1.08. The van der Waals surface area contributed by atoms with Gasteiger partial charge in [-0.05, 0) is 23.8 Å². The number of oxazole rings is 1. The van der Waals surface area contributed by atoms with Gasteiger partial charge in [-0.15, -0.1) is 0 Å². The largest absolute Gasteiger partial charge is 0.497 e. The SMILES string of the molecule is COc1ccc(/C=C/c2ncco2)cc1. The second kappa shape index (κ2) is 4.46. The third kappa shape index (κ3) is 2.47. The Kier molecular flexibility index (Phi) is 2.83. The molecule has 0 radical (unpaired) electrons. The average molecular weight is 201 g/mol. The monoisotopic (exact) mass is 201 g/mol. The van der Waals surface area contributed by atoms with E-state index < -0.39 is 0 Å². The number of rotatable bonds is 3. The normalized spacial score (nSPS) is 10.7. The number of aromatic nitrogens is 1. The minimum atomic E-state index is 0.603. The van der Waals surface area contributed by atoms with Crippen molar-refractivity contribution in [3.05, 3.63) is 48.2 Å². The van der Waals surface area contributed by atoms with E-state index in [2.05, 4.69) is 4.98 Å². The molecule has 0 fully saturated rings. The van der Waals surface area contributed by atoms with Gasteiger partial charge in [0.05, 0.1) is 13.3 Å². The third-order valence-electron chi connectivity index (χ3n) is 1.99. The summed E-state index contributed by atoms with van der Waals surface area (Å²) < 4.78 is 10.1. The van der Waals surface area contributed by atoms with Crippen molar-refractivity contribution in [3.8, 4) is 5.75 Å². The first-order chi connectivity index (χ1) is 7.38. The molecule has 0 spiro atoms. The molecule has 15 heavy (non-hydrogen) atoms. The van der Waals surface area contributed by atoms with E-state index in [0.717, 1.165) is 11.3 Å². The van der Waals surface area contributed by atoms with Gasteiger partial charge in [0.1, 0.15) is 12.0 Å². The van der Waals surface area contributed by atoms with Crippen LogP contribution in [0, 0.1) is 0 Å². The van der Waals surface area contributed by atoms with Gasteiger partial charge in [0.25, 0.3) is 0 Å². The predicted octanol–water partition coefficient (Wildman–Crippen LogP) is 2.85. The molecule has 0 amide bonds. The Bertz CT molecular complexity index is 429. The van der Waals surface area contributed by atoms with E-state index in [4.69, 9.17) is 9.15 Å². The molecule has 0 aliphatic carbocycles. The molecule has 0 atom stereocenters. The first kappa shape index (κ1) is 9.52. The second-order valence-corrected chi connectivity index (χ2v) is 2.98. The van der Waals surface area contributed by atoms with Crippen molar-refractivity contribution >= 4 is 12.2 Å². The molecular weight excluding hydrogens is 190 g/mol. The van der Waals surface area contributed by atoms with Crippen molar-refractivity contribution in [2.24, 2.45) is 0 Å². The molecule has 3 heteroatoms. The number of hydrogen-bond acceptors (Lipinski definition) is 3. The lowest BCUT2D eigenvalue weighted by Gasteiger charge is -1.98. The van der Waals surface area contributed by atoms with Crippen LogP contribution in [0.3, 0.4) is 0 Å². The molecule has 0 unspecified atom stereocenters.